The number of hydrogen-bond donors (Lipinski definition) is 1. The number of benzene rings is 2. The molecule has 160 valence electrons. The SMILES string of the molecule is COc1ccc(OC)c(C(=O)C2CC(=O)Nc3c2c(C)nn3-c2ccc(C)c(C)c2)c1. The number of aromatic nitrogens is 2. The maximum Gasteiger partial charge on any atom is 0.226 e. The molecule has 2 aromatic carbocycles. The molecule has 0 aliphatic carbocycles. The number of methoxy groups -OCH3 is 2. The molecule has 2 heterocycles. The minimum Gasteiger partial charge on any atom is -0.497 e. The third kappa shape index (κ3) is 3.56. The van der Waals surface area contributed by atoms with Crippen LogP contribution < -0.4 is 14.8 Å². The molecule has 1 amide bonds. The van der Waals surface area contributed by atoms with Gasteiger partial charge in [-0.1, -0.05) is 6.07 Å². The fourth-order valence-corrected chi connectivity index (χ4v) is 4.01. The van der Waals surface area contributed by atoms with Gasteiger partial charge in [0.1, 0.15) is 17.3 Å². The summed E-state index contributed by atoms with van der Waals surface area (Å²) < 4.78 is 12.4. The van der Waals surface area contributed by atoms with E-state index in [2.05, 4.69) is 10.4 Å². The molecule has 7 heteroatoms. The number of fused-ring (bicyclic) bond motifs is 1. The smallest absolute Gasteiger partial charge is 0.226 e. The molecule has 7 nitrogen and oxygen atoms in total. The van der Waals surface area contributed by atoms with Gasteiger partial charge in [-0.05, 0) is 62.2 Å². The van der Waals surface area contributed by atoms with E-state index in [1.54, 1.807) is 30.0 Å². The maximum atomic E-state index is 13.6. The Morgan fingerprint density at radius 3 is 2.52 bits per heavy atom. The highest BCUT2D eigenvalue weighted by Crippen LogP contribution is 2.40. The van der Waals surface area contributed by atoms with E-state index < -0.39 is 5.92 Å². The van der Waals surface area contributed by atoms with Crippen LogP contribution >= 0.6 is 0 Å². The quantitative estimate of drug-likeness (QED) is 0.629. The van der Waals surface area contributed by atoms with E-state index in [9.17, 15) is 9.59 Å². The standard InChI is InChI=1S/C24H25N3O4/c1-13-6-7-16(10-14(13)2)27-24-22(15(3)26-27)19(12-21(28)25-24)23(29)18-11-17(30-4)8-9-20(18)31-5/h6-11,19H,12H2,1-5H3,(H,25,28). The molecule has 0 bridgehead atoms. The van der Waals surface area contributed by atoms with E-state index in [1.165, 1.54) is 12.7 Å². The van der Waals surface area contributed by atoms with Crippen LogP contribution in [0.1, 0.15) is 45.1 Å². The van der Waals surface area contributed by atoms with Crippen LogP contribution in [-0.2, 0) is 4.79 Å². The highest BCUT2D eigenvalue weighted by molar-refractivity contribution is 6.09. The Morgan fingerprint density at radius 2 is 1.84 bits per heavy atom. The van der Waals surface area contributed by atoms with Gasteiger partial charge in [-0.2, -0.15) is 5.10 Å². The minimum atomic E-state index is -0.662. The number of ether oxygens (including phenoxy) is 2. The molecular weight excluding hydrogens is 394 g/mol. The fraction of sp³-hybridized carbons (Fsp3) is 0.292. The van der Waals surface area contributed by atoms with Gasteiger partial charge in [0.05, 0.1) is 37.1 Å². The third-order valence-corrected chi connectivity index (χ3v) is 5.83. The molecule has 0 fully saturated rings. The lowest BCUT2D eigenvalue weighted by Gasteiger charge is -2.24. The minimum absolute atomic E-state index is 0.0473. The zero-order valence-electron chi connectivity index (χ0n) is 18.3. The Hall–Kier alpha value is -3.61. The first kappa shape index (κ1) is 20.7. The Balaban J connectivity index is 1.84. The van der Waals surface area contributed by atoms with Gasteiger partial charge in [-0.15, -0.1) is 0 Å². The van der Waals surface area contributed by atoms with Crippen LogP contribution in [0.25, 0.3) is 5.69 Å². The van der Waals surface area contributed by atoms with Gasteiger partial charge in [0, 0.05) is 12.0 Å². The lowest BCUT2D eigenvalue weighted by molar-refractivity contribution is -0.116. The van der Waals surface area contributed by atoms with Gasteiger partial charge in [0.15, 0.2) is 5.78 Å². The van der Waals surface area contributed by atoms with Crippen molar-refractivity contribution in [3.05, 3.63) is 64.3 Å². The Morgan fingerprint density at radius 1 is 1.06 bits per heavy atom. The molecule has 0 saturated carbocycles. The van der Waals surface area contributed by atoms with Gasteiger partial charge in [0.25, 0.3) is 0 Å². The lowest BCUT2D eigenvalue weighted by atomic mass is 9.85. The highest BCUT2D eigenvalue weighted by atomic mass is 16.5. The molecule has 0 spiro atoms. The summed E-state index contributed by atoms with van der Waals surface area (Å²) in [5.74, 6) is 0.444. The zero-order chi connectivity index (χ0) is 22.3. The lowest BCUT2D eigenvalue weighted by Crippen LogP contribution is -2.28. The number of Topliss-reactive ketones (excluding diaryl/α,β-unsaturated/α-hetero) is 1. The molecule has 1 aromatic heterocycles. The molecule has 1 aliphatic rings. The van der Waals surface area contributed by atoms with Gasteiger partial charge < -0.3 is 14.8 Å². The summed E-state index contributed by atoms with van der Waals surface area (Å²) in [5.41, 5.74) is 4.94. The van der Waals surface area contributed by atoms with Crippen LogP contribution in [0.5, 0.6) is 11.5 Å². The van der Waals surface area contributed by atoms with Gasteiger partial charge >= 0.3 is 0 Å². The van der Waals surface area contributed by atoms with Crippen molar-refractivity contribution in [1.29, 1.82) is 0 Å². The average molecular weight is 419 g/mol. The second-order valence-corrected chi connectivity index (χ2v) is 7.76. The fourth-order valence-electron chi connectivity index (χ4n) is 4.01. The second kappa shape index (κ2) is 7.91. The summed E-state index contributed by atoms with van der Waals surface area (Å²) in [5, 5.41) is 7.59. The van der Waals surface area contributed by atoms with E-state index in [0.29, 0.717) is 28.6 Å². The van der Waals surface area contributed by atoms with Crippen LogP contribution in [0.15, 0.2) is 36.4 Å². The highest BCUT2D eigenvalue weighted by Gasteiger charge is 2.37. The van der Waals surface area contributed by atoms with Crippen molar-refractivity contribution in [3.8, 4) is 17.2 Å². The van der Waals surface area contributed by atoms with Crippen molar-refractivity contribution in [2.45, 2.75) is 33.1 Å². The summed E-state index contributed by atoms with van der Waals surface area (Å²) in [6.07, 6.45) is 0.0473. The largest absolute Gasteiger partial charge is 0.497 e. The maximum absolute atomic E-state index is 13.6. The molecule has 4 rings (SSSR count). The first-order valence-corrected chi connectivity index (χ1v) is 10.1. The number of nitrogens with zero attached hydrogens (tertiary/aromatic N) is 2. The van der Waals surface area contributed by atoms with Crippen molar-refractivity contribution in [2.24, 2.45) is 0 Å². The Labute approximate surface area is 181 Å². The summed E-state index contributed by atoms with van der Waals surface area (Å²) in [6.45, 7) is 5.93. The van der Waals surface area contributed by atoms with Crippen molar-refractivity contribution in [2.75, 3.05) is 19.5 Å². The third-order valence-electron chi connectivity index (χ3n) is 5.83. The predicted molar refractivity (Wildman–Crippen MR) is 118 cm³/mol. The van der Waals surface area contributed by atoms with Crippen LogP contribution in [-0.4, -0.2) is 35.7 Å². The molecule has 0 radical (unpaired) electrons. The Kier molecular flexibility index (Phi) is 5.27. The van der Waals surface area contributed by atoms with Crippen LogP contribution in [0.3, 0.4) is 0 Å². The number of aryl methyl sites for hydroxylation is 3. The topological polar surface area (TPSA) is 82.4 Å². The van der Waals surface area contributed by atoms with Gasteiger partial charge in [-0.25, -0.2) is 4.68 Å². The number of hydrogen-bond acceptors (Lipinski definition) is 5. The first-order valence-electron chi connectivity index (χ1n) is 10.1. The van der Waals surface area contributed by atoms with E-state index in [4.69, 9.17) is 9.47 Å². The van der Waals surface area contributed by atoms with Crippen molar-refractivity contribution >= 4 is 17.5 Å². The predicted octanol–water partition coefficient (Wildman–Crippen LogP) is 4.12. The number of ketones is 1. The zero-order valence-corrected chi connectivity index (χ0v) is 18.3. The average Bonchev–Trinajstić information content (AvgIpc) is 3.10. The number of carbonyl (C=O) groups excluding carboxylic acids is 2. The molecule has 31 heavy (non-hydrogen) atoms. The number of carbonyl (C=O) groups is 2. The molecule has 1 unspecified atom stereocenters. The van der Waals surface area contributed by atoms with Crippen molar-refractivity contribution < 1.29 is 19.1 Å². The van der Waals surface area contributed by atoms with Crippen LogP contribution in [0.4, 0.5) is 5.82 Å². The van der Waals surface area contributed by atoms with Gasteiger partial charge in [-0.3, -0.25) is 9.59 Å². The van der Waals surface area contributed by atoms with Crippen molar-refractivity contribution in [3.63, 3.8) is 0 Å². The summed E-state index contributed by atoms with van der Waals surface area (Å²) in [7, 11) is 3.06. The molecule has 1 aliphatic heterocycles. The summed E-state index contributed by atoms with van der Waals surface area (Å²) in [4.78, 5) is 26.2. The number of nitrogens with one attached hydrogen (secondary N) is 1. The number of rotatable bonds is 5. The van der Waals surface area contributed by atoms with Crippen LogP contribution in [0.2, 0.25) is 0 Å². The molecule has 3 aromatic rings. The summed E-state index contributed by atoms with van der Waals surface area (Å²) >= 11 is 0. The summed E-state index contributed by atoms with van der Waals surface area (Å²) in [6, 6.07) is 11.1. The Bertz CT molecular complexity index is 1200. The van der Waals surface area contributed by atoms with E-state index >= 15 is 0 Å². The molecular formula is C24H25N3O4. The molecule has 1 atom stereocenters. The number of amides is 1. The molecule has 0 saturated heterocycles. The van der Waals surface area contributed by atoms with Gasteiger partial charge in [0.2, 0.25) is 5.91 Å². The van der Waals surface area contributed by atoms with E-state index in [1.807, 2.05) is 39.0 Å². The van der Waals surface area contributed by atoms with E-state index in [0.717, 1.165) is 16.8 Å². The first-order chi connectivity index (χ1) is 14.8. The monoisotopic (exact) mass is 419 g/mol. The number of anilines is 1. The molecule has 1 N–H and O–H groups in total. The van der Waals surface area contributed by atoms with Crippen LogP contribution in [0, 0.1) is 20.8 Å². The van der Waals surface area contributed by atoms with E-state index in [-0.39, 0.29) is 18.1 Å². The normalized spacial score (nSPS) is 15.3. The van der Waals surface area contributed by atoms with Crippen molar-refractivity contribution in [1.82, 2.24) is 9.78 Å². The second-order valence-electron chi connectivity index (χ2n) is 7.76.